The van der Waals surface area contributed by atoms with Crippen molar-refractivity contribution in [3.8, 4) is 5.88 Å². The molecular weight excluding hydrogens is 328 g/mol. The van der Waals surface area contributed by atoms with E-state index in [-0.39, 0.29) is 5.88 Å². The van der Waals surface area contributed by atoms with E-state index >= 15 is 0 Å². The highest BCUT2D eigenvalue weighted by Crippen LogP contribution is 2.36. The molecule has 4 heteroatoms. The first-order chi connectivity index (χ1) is 12.3. The average Bonchev–Trinajstić information content (AvgIpc) is 2.66. The van der Waals surface area contributed by atoms with Crippen molar-refractivity contribution < 1.29 is 5.11 Å². The molecule has 25 heavy (non-hydrogen) atoms. The lowest BCUT2D eigenvalue weighted by Gasteiger charge is -2.21. The van der Waals surface area contributed by atoms with Gasteiger partial charge in [0, 0.05) is 12.0 Å². The monoisotopic (exact) mass is 348 g/mol. The fraction of sp³-hybridized carbons (Fsp3) is 0.238. The van der Waals surface area contributed by atoms with Gasteiger partial charge >= 0.3 is 0 Å². The molecule has 1 aromatic heterocycles. The third-order valence-corrected chi connectivity index (χ3v) is 5.92. The number of aromatic hydroxyl groups is 1. The normalized spacial score (nSPS) is 13.6. The maximum atomic E-state index is 10.2. The molecule has 3 aromatic rings. The van der Waals surface area contributed by atoms with E-state index in [1.807, 2.05) is 0 Å². The summed E-state index contributed by atoms with van der Waals surface area (Å²) in [5, 5.41) is 21.2. The first-order valence-corrected chi connectivity index (χ1v) is 9.60. The van der Waals surface area contributed by atoms with E-state index in [0.29, 0.717) is 5.56 Å². The molecule has 0 atom stereocenters. The summed E-state index contributed by atoms with van der Waals surface area (Å²) < 4.78 is 0. The number of fused-ring (bicyclic) bond motifs is 2. The van der Waals surface area contributed by atoms with Crippen LogP contribution in [0, 0.1) is 5.41 Å². The minimum absolute atomic E-state index is 0.00309. The minimum atomic E-state index is -0.00309. The van der Waals surface area contributed by atoms with Gasteiger partial charge in [-0.05, 0) is 53.1 Å². The number of pyridine rings is 1. The van der Waals surface area contributed by atoms with Crippen LogP contribution in [0.4, 0.5) is 0 Å². The molecule has 3 nitrogen and oxygen atoms in total. The number of hydrogen-bond donors (Lipinski definition) is 2. The van der Waals surface area contributed by atoms with Crippen molar-refractivity contribution in [3.63, 3.8) is 0 Å². The molecule has 1 heterocycles. The van der Waals surface area contributed by atoms with Crippen LogP contribution in [0.5, 0.6) is 5.88 Å². The molecule has 0 unspecified atom stereocenters. The zero-order valence-electron chi connectivity index (χ0n) is 14.0. The predicted molar refractivity (Wildman–Crippen MR) is 104 cm³/mol. The highest BCUT2D eigenvalue weighted by molar-refractivity contribution is 7.98. The first kappa shape index (κ1) is 16.2. The van der Waals surface area contributed by atoms with Crippen molar-refractivity contribution >= 4 is 28.7 Å². The summed E-state index contributed by atoms with van der Waals surface area (Å²) in [5.41, 5.74) is 4.21. The van der Waals surface area contributed by atoms with Gasteiger partial charge in [0.05, 0.1) is 5.56 Å². The first-order valence-electron chi connectivity index (χ1n) is 8.62. The zero-order valence-corrected chi connectivity index (χ0v) is 14.8. The third-order valence-electron chi connectivity index (χ3n) is 4.83. The van der Waals surface area contributed by atoms with Gasteiger partial charge in [-0.1, -0.05) is 42.5 Å². The largest absolute Gasteiger partial charge is 0.493 e. The van der Waals surface area contributed by atoms with Crippen molar-refractivity contribution in [2.75, 3.05) is 0 Å². The van der Waals surface area contributed by atoms with Crippen molar-refractivity contribution in [1.29, 1.82) is 5.41 Å². The number of hydrogen-bond acceptors (Lipinski definition) is 4. The number of nitrogens with zero attached hydrogens (tertiary/aromatic N) is 1. The molecule has 0 spiro atoms. The standard InChI is InChI=1S/C21H20N2OS/c22-12-19-17-7-3-4-8-18(17)21(23-20(19)24)25-13-14-9-10-15-5-1-2-6-16(15)11-14/h1-2,5-6,9-12,22H,3-4,7-8,13H2,(H,23,24). The molecule has 2 aromatic carbocycles. The third kappa shape index (κ3) is 3.14. The quantitative estimate of drug-likeness (QED) is 0.509. The fourth-order valence-corrected chi connectivity index (χ4v) is 4.58. The Balaban J connectivity index is 1.64. The molecule has 2 N–H and O–H groups in total. The molecule has 0 bridgehead atoms. The van der Waals surface area contributed by atoms with Gasteiger partial charge in [0.15, 0.2) is 0 Å². The summed E-state index contributed by atoms with van der Waals surface area (Å²) in [6.07, 6.45) is 5.43. The van der Waals surface area contributed by atoms with E-state index < -0.39 is 0 Å². The highest BCUT2D eigenvalue weighted by Gasteiger charge is 2.21. The van der Waals surface area contributed by atoms with Crippen LogP contribution in [0.1, 0.15) is 35.1 Å². The highest BCUT2D eigenvalue weighted by atomic mass is 32.2. The van der Waals surface area contributed by atoms with E-state index in [1.54, 1.807) is 11.8 Å². The maximum absolute atomic E-state index is 10.2. The lowest BCUT2D eigenvalue weighted by atomic mass is 9.90. The van der Waals surface area contributed by atoms with Gasteiger partial charge in [-0.3, -0.25) is 0 Å². The van der Waals surface area contributed by atoms with Crippen molar-refractivity contribution in [3.05, 3.63) is 64.7 Å². The summed E-state index contributed by atoms with van der Waals surface area (Å²) in [7, 11) is 0. The van der Waals surface area contributed by atoms with Gasteiger partial charge in [0.25, 0.3) is 0 Å². The molecule has 1 aliphatic carbocycles. The van der Waals surface area contributed by atoms with Gasteiger partial charge in [-0.25, -0.2) is 4.98 Å². The summed E-state index contributed by atoms with van der Waals surface area (Å²) in [4.78, 5) is 4.40. The smallest absolute Gasteiger partial charge is 0.221 e. The van der Waals surface area contributed by atoms with E-state index in [4.69, 9.17) is 5.41 Å². The Morgan fingerprint density at radius 3 is 2.60 bits per heavy atom. The second kappa shape index (κ2) is 6.89. The molecule has 1 aliphatic rings. The number of nitrogens with one attached hydrogen (secondary N) is 1. The molecule has 0 fully saturated rings. The predicted octanol–water partition coefficient (Wildman–Crippen LogP) is 5.11. The molecule has 0 amide bonds. The average molecular weight is 348 g/mol. The van der Waals surface area contributed by atoms with Gasteiger partial charge in [0.2, 0.25) is 5.88 Å². The molecule has 0 saturated heterocycles. The van der Waals surface area contributed by atoms with E-state index in [1.165, 1.54) is 28.1 Å². The van der Waals surface area contributed by atoms with Crippen LogP contribution in [0.3, 0.4) is 0 Å². The topological polar surface area (TPSA) is 57.0 Å². The van der Waals surface area contributed by atoms with Crippen LogP contribution in [0.15, 0.2) is 47.5 Å². The van der Waals surface area contributed by atoms with Crippen LogP contribution < -0.4 is 0 Å². The van der Waals surface area contributed by atoms with E-state index in [9.17, 15) is 5.11 Å². The van der Waals surface area contributed by atoms with Crippen LogP contribution in [-0.2, 0) is 18.6 Å². The Labute approximate surface area is 151 Å². The molecular formula is C21H20N2OS. The molecule has 0 radical (unpaired) electrons. The molecule has 0 saturated carbocycles. The zero-order chi connectivity index (χ0) is 17.2. The number of aromatic nitrogens is 1. The summed E-state index contributed by atoms with van der Waals surface area (Å²) in [6.45, 7) is 0. The number of rotatable bonds is 4. The van der Waals surface area contributed by atoms with Gasteiger partial charge < -0.3 is 10.5 Å². The second-order valence-electron chi connectivity index (χ2n) is 6.43. The van der Waals surface area contributed by atoms with E-state index in [0.717, 1.165) is 42.0 Å². The van der Waals surface area contributed by atoms with Crippen LogP contribution in [-0.4, -0.2) is 16.3 Å². The summed E-state index contributed by atoms with van der Waals surface area (Å²) >= 11 is 1.68. The number of thioether (sulfide) groups is 1. The van der Waals surface area contributed by atoms with Crippen molar-refractivity contribution in [2.24, 2.45) is 0 Å². The Morgan fingerprint density at radius 2 is 1.80 bits per heavy atom. The molecule has 0 aliphatic heterocycles. The van der Waals surface area contributed by atoms with Crippen molar-refractivity contribution in [1.82, 2.24) is 4.98 Å². The fourth-order valence-electron chi connectivity index (χ4n) is 3.55. The van der Waals surface area contributed by atoms with Crippen molar-refractivity contribution in [2.45, 2.75) is 36.5 Å². The Bertz CT molecular complexity index is 952. The van der Waals surface area contributed by atoms with E-state index in [2.05, 4.69) is 47.4 Å². The summed E-state index contributed by atoms with van der Waals surface area (Å²) in [5.74, 6) is 0.824. The van der Waals surface area contributed by atoms with Gasteiger partial charge in [-0.15, -0.1) is 11.8 Å². The summed E-state index contributed by atoms with van der Waals surface area (Å²) in [6, 6.07) is 14.9. The Morgan fingerprint density at radius 1 is 1.04 bits per heavy atom. The molecule has 4 rings (SSSR count). The van der Waals surface area contributed by atoms with Crippen LogP contribution >= 0.6 is 11.8 Å². The lowest BCUT2D eigenvalue weighted by Crippen LogP contribution is -2.10. The Kier molecular flexibility index (Phi) is 4.45. The SMILES string of the molecule is N=Cc1c(O)nc(SCc2ccc3ccccc3c2)c2c1CCCC2. The van der Waals surface area contributed by atoms with Crippen LogP contribution in [0.2, 0.25) is 0 Å². The van der Waals surface area contributed by atoms with Gasteiger partial charge in [-0.2, -0.15) is 0 Å². The molecule has 126 valence electrons. The second-order valence-corrected chi connectivity index (χ2v) is 7.40. The van der Waals surface area contributed by atoms with Gasteiger partial charge in [0.1, 0.15) is 5.03 Å². The van der Waals surface area contributed by atoms with Crippen LogP contribution in [0.25, 0.3) is 10.8 Å². The minimum Gasteiger partial charge on any atom is -0.493 e. The lowest BCUT2D eigenvalue weighted by molar-refractivity contribution is 0.443. The maximum Gasteiger partial charge on any atom is 0.221 e. The Hall–Kier alpha value is -2.33. The number of benzene rings is 2.